The van der Waals surface area contributed by atoms with Crippen molar-refractivity contribution in [3.8, 4) is 23.0 Å². The number of anilines is 2. The van der Waals surface area contributed by atoms with Crippen molar-refractivity contribution >= 4 is 23.2 Å². The van der Waals surface area contributed by atoms with Crippen molar-refractivity contribution in [3.05, 3.63) is 71.8 Å². The smallest absolute Gasteiger partial charge is 0.255 e. The van der Waals surface area contributed by atoms with Crippen molar-refractivity contribution < 1.29 is 28.5 Å². The van der Waals surface area contributed by atoms with E-state index in [0.29, 0.717) is 39.9 Å². The van der Waals surface area contributed by atoms with Gasteiger partial charge in [0.05, 0.1) is 27.0 Å². The predicted octanol–water partition coefficient (Wildman–Crippen LogP) is 4.50. The van der Waals surface area contributed by atoms with Crippen molar-refractivity contribution in [2.24, 2.45) is 0 Å². The first-order valence-corrected chi connectivity index (χ1v) is 10.1. The minimum atomic E-state index is -0.287. The van der Waals surface area contributed by atoms with Gasteiger partial charge in [-0.3, -0.25) is 9.59 Å². The molecule has 0 aliphatic carbocycles. The van der Waals surface area contributed by atoms with Gasteiger partial charge in [0, 0.05) is 29.8 Å². The van der Waals surface area contributed by atoms with E-state index in [4.69, 9.17) is 18.9 Å². The Bertz CT molecular complexity index is 1130. The summed E-state index contributed by atoms with van der Waals surface area (Å²) in [6.07, 6.45) is 0. The normalized spacial score (nSPS) is 10.2. The Morgan fingerprint density at radius 2 is 1.45 bits per heavy atom. The molecule has 0 aliphatic rings. The average molecular weight is 450 g/mol. The third-order valence-corrected chi connectivity index (χ3v) is 4.77. The molecular weight excluding hydrogens is 424 g/mol. The third-order valence-electron chi connectivity index (χ3n) is 4.77. The molecule has 0 aromatic heterocycles. The van der Waals surface area contributed by atoms with Gasteiger partial charge in [-0.1, -0.05) is 0 Å². The van der Waals surface area contributed by atoms with Gasteiger partial charge in [0.25, 0.3) is 5.91 Å². The van der Waals surface area contributed by atoms with Crippen LogP contribution in [0, 0.1) is 0 Å². The molecular formula is C25H26N2O6. The minimum absolute atomic E-state index is 0.156. The Hall–Kier alpha value is -4.20. The van der Waals surface area contributed by atoms with Crippen LogP contribution >= 0.6 is 0 Å². The van der Waals surface area contributed by atoms with Crippen molar-refractivity contribution in [2.45, 2.75) is 13.5 Å². The summed E-state index contributed by atoms with van der Waals surface area (Å²) < 4.78 is 21.8. The fourth-order valence-corrected chi connectivity index (χ4v) is 3.11. The molecule has 0 atom stereocenters. The summed E-state index contributed by atoms with van der Waals surface area (Å²) in [5, 5.41) is 5.58. The molecule has 0 aliphatic heterocycles. The topological polar surface area (TPSA) is 95.1 Å². The molecule has 3 rings (SSSR count). The number of amides is 2. The second kappa shape index (κ2) is 10.9. The quantitative estimate of drug-likeness (QED) is 0.498. The molecule has 0 spiro atoms. The molecule has 0 bridgehead atoms. The highest BCUT2D eigenvalue weighted by Crippen LogP contribution is 2.31. The van der Waals surface area contributed by atoms with Crippen LogP contribution in [0.1, 0.15) is 22.8 Å². The number of hydrogen-bond donors (Lipinski definition) is 2. The van der Waals surface area contributed by atoms with Crippen LogP contribution in [0.2, 0.25) is 0 Å². The van der Waals surface area contributed by atoms with E-state index in [9.17, 15) is 9.59 Å². The van der Waals surface area contributed by atoms with Gasteiger partial charge in [-0.15, -0.1) is 0 Å². The van der Waals surface area contributed by atoms with Gasteiger partial charge in [0.1, 0.15) is 29.6 Å². The van der Waals surface area contributed by atoms with E-state index in [1.54, 1.807) is 75.9 Å². The number of methoxy groups -OCH3 is 3. The molecule has 0 fully saturated rings. The maximum atomic E-state index is 12.6. The summed E-state index contributed by atoms with van der Waals surface area (Å²) >= 11 is 0. The zero-order valence-electron chi connectivity index (χ0n) is 18.9. The van der Waals surface area contributed by atoms with Gasteiger partial charge in [-0.25, -0.2) is 0 Å². The molecule has 0 saturated carbocycles. The number of rotatable bonds is 9. The number of carbonyl (C=O) groups excluding carboxylic acids is 2. The van der Waals surface area contributed by atoms with Gasteiger partial charge < -0.3 is 29.6 Å². The molecule has 3 aromatic carbocycles. The molecule has 2 N–H and O–H groups in total. The summed E-state index contributed by atoms with van der Waals surface area (Å²) in [4.78, 5) is 24.3. The molecule has 0 radical (unpaired) electrons. The molecule has 8 heteroatoms. The highest BCUT2D eigenvalue weighted by Gasteiger charge is 2.13. The second-order valence-electron chi connectivity index (χ2n) is 7.04. The number of ether oxygens (including phenoxy) is 4. The Labute approximate surface area is 192 Å². The van der Waals surface area contributed by atoms with E-state index < -0.39 is 0 Å². The lowest BCUT2D eigenvalue weighted by atomic mass is 10.2. The maximum absolute atomic E-state index is 12.6. The largest absolute Gasteiger partial charge is 0.497 e. The summed E-state index contributed by atoms with van der Waals surface area (Å²) in [6, 6.07) is 17.2. The zero-order chi connectivity index (χ0) is 23.8. The van der Waals surface area contributed by atoms with Crippen LogP contribution < -0.4 is 29.6 Å². The van der Waals surface area contributed by atoms with Crippen LogP contribution in [0.3, 0.4) is 0 Å². The van der Waals surface area contributed by atoms with Crippen LogP contribution in [0.5, 0.6) is 23.0 Å². The van der Waals surface area contributed by atoms with Crippen molar-refractivity contribution in [2.75, 3.05) is 32.0 Å². The monoisotopic (exact) mass is 450 g/mol. The zero-order valence-corrected chi connectivity index (χ0v) is 18.9. The number of benzene rings is 3. The second-order valence-corrected chi connectivity index (χ2v) is 7.04. The van der Waals surface area contributed by atoms with Gasteiger partial charge in [0.2, 0.25) is 5.91 Å². The Kier molecular flexibility index (Phi) is 7.75. The molecule has 2 amide bonds. The van der Waals surface area contributed by atoms with Crippen LogP contribution in [-0.2, 0) is 11.4 Å². The van der Waals surface area contributed by atoms with E-state index >= 15 is 0 Å². The van der Waals surface area contributed by atoms with Crippen LogP contribution in [-0.4, -0.2) is 33.1 Å². The van der Waals surface area contributed by atoms with E-state index in [1.807, 2.05) is 6.07 Å². The Balaban J connectivity index is 1.82. The first-order chi connectivity index (χ1) is 15.9. The maximum Gasteiger partial charge on any atom is 0.255 e. The van der Waals surface area contributed by atoms with Gasteiger partial charge in [0.15, 0.2) is 0 Å². The highest BCUT2D eigenvalue weighted by atomic mass is 16.5. The van der Waals surface area contributed by atoms with Crippen molar-refractivity contribution in [3.63, 3.8) is 0 Å². The fourth-order valence-electron chi connectivity index (χ4n) is 3.11. The lowest BCUT2D eigenvalue weighted by Crippen LogP contribution is -2.13. The minimum Gasteiger partial charge on any atom is -0.497 e. The number of carbonyl (C=O) groups is 2. The summed E-state index contributed by atoms with van der Waals surface area (Å²) in [5.74, 6) is 1.83. The van der Waals surface area contributed by atoms with Gasteiger partial charge in [-0.05, 0) is 54.6 Å². The lowest BCUT2D eigenvalue weighted by molar-refractivity contribution is -0.114. The SMILES string of the molecule is COc1ccc(C(=O)Nc2ccc(NC(C)=O)c(OCc3cc(OC)ccc3OC)c2)cc1. The van der Waals surface area contributed by atoms with Crippen molar-refractivity contribution in [1.82, 2.24) is 0 Å². The van der Waals surface area contributed by atoms with Gasteiger partial charge >= 0.3 is 0 Å². The Morgan fingerprint density at radius 3 is 2.09 bits per heavy atom. The first-order valence-electron chi connectivity index (χ1n) is 10.1. The standard InChI is InChI=1S/C25H26N2O6/c1-16(28)26-22-11-7-19(27-25(29)17-5-8-20(30-2)9-6-17)14-24(22)33-15-18-13-21(31-3)10-12-23(18)32-4/h5-14H,15H2,1-4H3,(H,26,28)(H,27,29). The molecule has 3 aromatic rings. The molecule has 33 heavy (non-hydrogen) atoms. The summed E-state index contributed by atoms with van der Waals surface area (Å²) in [7, 11) is 4.72. The molecule has 0 saturated heterocycles. The van der Waals surface area contributed by atoms with Crippen LogP contribution in [0.25, 0.3) is 0 Å². The molecule has 172 valence electrons. The van der Waals surface area contributed by atoms with E-state index in [1.165, 1.54) is 6.92 Å². The lowest BCUT2D eigenvalue weighted by Gasteiger charge is -2.16. The van der Waals surface area contributed by atoms with E-state index in [-0.39, 0.29) is 18.4 Å². The number of hydrogen-bond acceptors (Lipinski definition) is 6. The Morgan fingerprint density at radius 1 is 0.758 bits per heavy atom. The predicted molar refractivity (Wildman–Crippen MR) is 126 cm³/mol. The summed E-state index contributed by atoms with van der Waals surface area (Å²) in [6.45, 7) is 1.57. The van der Waals surface area contributed by atoms with Crippen LogP contribution in [0.15, 0.2) is 60.7 Å². The highest BCUT2D eigenvalue weighted by molar-refractivity contribution is 6.04. The molecule has 8 nitrogen and oxygen atoms in total. The van der Waals surface area contributed by atoms with Crippen LogP contribution in [0.4, 0.5) is 11.4 Å². The van der Waals surface area contributed by atoms with Crippen molar-refractivity contribution in [1.29, 1.82) is 0 Å². The van der Waals surface area contributed by atoms with E-state index in [2.05, 4.69) is 10.6 Å². The van der Waals surface area contributed by atoms with Gasteiger partial charge in [-0.2, -0.15) is 0 Å². The molecule has 0 heterocycles. The van der Waals surface area contributed by atoms with E-state index in [0.717, 1.165) is 5.56 Å². The average Bonchev–Trinajstić information content (AvgIpc) is 2.83. The summed E-state index contributed by atoms with van der Waals surface area (Å²) in [5.41, 5.74) is 2.23. The first kappa shape index (κ1) is 23.5. The third kappa shape index (κ3) is 6.16. The number of nitrogens with one attached hydrogen (secondary N) is 2. The molecule has 0 unspecified atom stereocenters. The fraction of sp³-hybridized carbons (Fsp3) is 0.200.